The van der Waals surface area contributed by atoms with E-state index >= 15 is 0 Å². The predicted molar refractivity (Wildman–Crippen MR) is 99.0 cm³/mol. The summed E-state index contributed by atoms with van der Waals surface area (Å²) in [4.78, 5) is 14.1. The second-order valence-corrected chi connectivity index (χ2v) is 5.56. The Kier molecular flexibility index (Phi) is 7.55. The van der Waals surface area contributed by atoms with Gasteiger partial charge in [0.15, 0.2) is 0 Å². The number of hydrogen-bond acceptors (Lipinski definition) is 2. The van der Waals surface area contributed by atoms with E-state index in [4.69, 9.17) is 0 Å². The first-order valence-corrected chi connectivity index (χ1v) is 8.26. The molecule has 0 spiro atoms. The van der Waals surface area contributed by atoms with Gasteiger partial charge in [0.2, 0.25) is 5.91 Å². The summed E-state index contributed by atoms with van der Waals surface area (Å²) in [7, 11) is 0. The number of carbonyl (C=O) groups excluding carboxylic acids is 1. The van der Waals surface area contributed by atoms with Gasteiger partial charge in [-0.15, -0.1) is 6.58 Å². The summed E-state index contributed by atoms with van der Waals surface area (Å²) in [5.74, 6) is -0.182. The van der Waals surface area contributed by atoms with Crippen LogP contribution in [0.5, 0.6) is 5.75 Å². The largest absolute Gasteiger partial charge is 0.434 e. The van der Waals surface area contributed by atoms with E-state index in [-0.39, 0.29) is 11.7 Å². The Hall–Kier alpha value is -2.95. The number of benzene rings is 2. The second-order valence-electron chi connectivity index (χ2n) is 5.56. The molecule has 0 aliphatic heterocycles. The highest BCUT2D eigenvalue weighted by Crippen LogP contribution is 2.21. The molecule has 2 aromatic carbocycles. The van der Waals surface area contributed by atoms with E-state index in [0.717, 1.165) is 12.0 Å². The van der Waals surface area contributed by atoms with E-state index in [1.807, 2.05) is 30.3 Å². The zero-order chi connectivity index (χ0) is 18.8. The van der Waals surface area contributed by atoms with E-state index in [9.17, 15) is 13.6 Å². The van der Waals surface area contributed by atoms with Crippen molar-refractivity contribution in [3.05, 3.63) is 84.5 Å². The molecule has 0 aliphatic carbocycles. The molecule has 0 saturated heterocycles. The van der Waals surface area contributed by atoms with Crippen LogP contribution in [0.25, 0.3) is 6.08 Å². The van der Waals surface area contributed by atoms with E-state index < -0.39 is 6.61 Å². The highest BCUT2D eigenvalue weighted by molar-refractivity contribution is 5.92. The molecule has 26 heavy (non-hydrogen) atoms. The third kappa shape index (κ3) is 6.16. The van der Waals surface area contributed by atoms with Crippen LogP contribution < -0.4 is 4.74 Å². The topological polar surface area (TPSA) is 29.5 Å². The normalized spacial score (nSPS) is 10.9. The van der Waals surface area contributed by atoms with Crippen molar-refractivity contribution in [3.8, 4) is 5.75 Å². The molecule has 0 heterocycles. The average Bonchev–Trinajstić information content (AvgIpc) is 2.64. The molecule has 0 N–H and O–H groups in total. The lowest BCUT2D eigenvalue weighted by molar-refractivity contribution is -0.125. The minimum atomic E-state index is -2.91. The molecule has 0 fully saturated rings. The van der Waals surface area contributed by atoms with E-state index in [2.05, 4.69) is 11.3 Å². The van der Waals surface area contributed by atoms with Crippen molar-refractivity contribution in [3.63, 3.8) is 0 Å². The van der Waals surface area contributed by atoms with Gasteiger partial charge >= 0.3 is 6.61 Å². The van der Waals surface area contributed by atoms with Gasteiger partial charge in [0, 0.05) is 24.7 Å². The van der Waals surface area contributed by atoms with Crippen LogP contribution in [0.2, 0.25) is 0 Å². The average molecular weight is 357 g/mol. The molecular formula is C21H21F2NO2. The number of rotatable bonds is 9. The predicted octanol–water partition coefficient (Wildman–Crippen LogP) is 4.56. The van der Waals surface area contributed by atoms with Crippen molar-refractivity contribution in [2.75, 3.05) is 13.1 Å². The van der Waals surface area contributed by atoms with Gasteiger partial charge in [-0.3, -0.25) is 4.79 Å². The zero-order valence-electron chi connectivity index (χ0n) is 14.4. The molecular weight excluding hydrogens is 336 g/mol. The Balaban J connectivity index is 2.04. The summed E-state index contributed by atoms with van der Waals surface area (Å²) in [6, 6.07) is 16.2. The molecule has 3 nitrogen and oxygen atoms in total. The summed E-state index contributed by atoms with van der Waals surface area (Å²) in [6.45, 7) is 1.71. The molecule has 0 bridgehead atoms. The van der Waals surface area contributed by atoms with Gasteiger partial charge in [0.1, 0.15) is 5.75 Å². The maximum atomic E-state index is 12.5. The standard InChI is InChI=1S/C21H21F2NO2/c1-2-15-24(16-14-17-8-4-3-5-9-17)20(25)13-12-18-10-6-7-11-19(18)26-21(22)23/h2-13,21H,1,14-16H2/b13-12+. The van der Waals surface area contributed by atoms with Gasteiger partial charge in [-0.25, -0.2) is 0 Å². The van der Waals surface area contributed by atoms with Crippen molar-refractivity contribution >= 4 is 12.0 Å². The van der Waals surface area contributed by atoms with Crippen LogP contribution in [0.1, 0.15) is 11.1 Å². The lowest BCUT2D eigenvalue weighted by atomic mass is 10.1. The van der Waals surface area contributed by atoms with Crippen LogP contribution in [0.15, 0.2) is 73.3 Å². The fourth-order valence-electron chi connectivity index (χ4n) is 2.44. The first-order chi connectivity index (χ1) is 12.6. The summed E-state index contributed by atoms with van der Waals surface area (Å²) >= 11 is 0. The molecule has 0 aliphatic rings. The monoisotopic (exact) mass is 357 g/mol. The number of amides is 1. The van der Waals surface area contributed by atoms with Crippen LogP contribution in [0.4, 0.5) is 8.78 Å². The van der Waals surface area contributed by atoms with Gasteiger partial charge in [0.25, 0.3) is 0 Å². The van der Waals surface area contributed by atoms with Crippen molar-refractivity contribution < 1.29 is 18.3 Å². The minimum absolute atomic E-state index is 0.0334. The van der Waals surface area contributed by atoms with Crippen molar-refractivity contribution in [2.24, 2.45) is 0 Å². The van der Waals surface area contributed by atoms with Crippen molar-refractivity contribution in [1.82, 2.24) is 4.90 Å². The summed E-state index contributed by atoms with van der Waals surface area (Å²) in [6.07, 6.45) is 5.23. The molecule has 136 valence electrons. The van der Waals surface area contributed by atoms with Crippen LogP contribution >= 0.6 is 0 Å². The SMILES string of the molecule is C=CCN(CCc1ccccc1)C(=O)/C=C/c1ccccc1OC(F)F. The van der Waals surface area contributed by atoms with Gasteiger partial charge in [0.05, 0.1) is 0 Å². The Morgan fingerprint density at radius 1 is 1.12 bits per heavy atom. The third-order valence-electron chi connectivity index (χ3n) is 3.71. The fourth-order valence-corrected chi connectivity index (χ4v) is 2.44. The molecule has 0 atom stereocenters. The molecule has 0 saturated carbocycles. The number of halogens is 2. The van der Waals surface area contributed by atoms with E-state index in [1.165, 1.54) is 18.2 Å². The second kappa shape index (κ2) is 10.1. The molecule has 2 aromatic rings. The Bertz CT molecular complexity index is 745. The Morgan fingerprint density at radius 2 is 1.81 bits per heavy atom. The first-order valence-electron chi connectivity index (χ1n) is 8.26. The number of hydrogen-bond donors (Lipinski definition) is 0. The number of ether oxygens (including phenoxy) is 1. The van der Waals surface area contributed by atoms with Gasteiger partial charge < -0.3 is 9.64 Å². The number of nitrogens with zero attached hydrogens (tertiary/aromatic N) is 1. The number of alkyl halides is 2. The van der Waals surface area contributed by atoms with Crippen LogP contribution in [0.3, 0.4) is 0 Å². The van der Waals surface area contributed by atoms with Crippen molar-refractivity contribution in [2.45, 2.75) is 13.0 Å². The highest BCUT2D eigenvalue weighted by Gasteiger charge is 2.11. The molecule has 0 aromatic heterocycles. The fraction of sp³-hybridized carbons (Fsp3) is 0.190. The molecule has 0 unspecified atom stereocenters. The Labute approximate surface area is 152 Å². The van der Waals surface area contributed by atoms with Gasteiger partial charge in [-0.1, -0.05) is 54.6 Å². The summed E-state index contributed by atoms with van der Waals surface area (Å²) in [5, 5.41) is 0. The van der Waals surface area contributed by atoms with E-state index in [1.54, 1.807) is 29.2 Å². The first kappa shape index (κ1) is 19.4. The van der Waals surface area contributed by atoms with Gasteiger partial charge in [-0.05, 0) is 24.1 Å². The number of carbonyl (C=O) groups is 1. The molecule has 5 heteroatoms. The maximum absolute atomic E-state index is 12.5. The maximum Gasteiger partial charge on any atom is 0.387 e. The van der Waals surface area contributed by atoms with Crippen LogP contribution in [0, 0.1) is 0 Å². The Morgan fingerprint density at radius 3 is 2.50 bits per heavy atom. The lowest BCUT2D eigenvalue weighted by Gasteiger charge is -2.19. The molecule has 0 radical (unpaired) electrons. The molecule has 1 amide bonds. The smallest absolute Gasteiger partial charge is 0.387 e. The molecule has 2 rings (SSSR count). The van der Waals surface area contributed by atoms with Crippen LogP contribution in [-0.2, 0) is 11.2 Å². The van der Waals surface area contributed by atoms with E-state index in [0.29, 0.717) is 18.7 Å². The summed E-state index contributed by atoms with van der Waals surface area (Å²) in [5.41, 5.74) is 1.55. The van der Waals surface area contributed by atoms with Crippen molar-refractivity contribution in [1.29, 1.82) is 0 Å². The lowest BCUT2D eigenvalue weighted by Crippen LogP contribution is -2.31. The van der Waals surface area contributed by atoms with Gasteiger partial charge in [-0.2, -0.15) is 8.78 Å². The number of para-hydroxylation sites is 1. The zero-order valence-corrected chi connectivity index (χ0v) is 14.4. The summed E-state index contributed by atoms with van der Waals surface area (Å²) < 4.78 is 29.4. The minimum Gasteiger partial charge on any atom is -0.434 e. The highest BCUT2D eigenvalue weighted by atomic mass is 19.3. The van der Waals surface area contributed by atoms with Crippen LogP contribution in [-0.4, -0.2) is 30.5 Å². The quantitative estimate of drug-likeness (QED) is 0.486. The third-order valence-corrected chi connectivity index (χ3v) is 3.71.